The van der Waals surface area contributed by atoms with Gasteiger partial charge in [-0.05, 0) is 25.8 Å². The van der Waals surface area contributed by atoms with E-state index in [0.29, 0.717) is 18.4 Å². The number of carbonyl (C=O) groups is 2. The number of β-lactam (4-membered cyclic amide) rings is 1. The van der Waals surface area contributed by atoms with E-state index in [-0.39, 0.29) is 17.6 Å². The van der Waals surface area contributed by atoms with Crippen molar-refractivity contribution < 1.29 is 14.7 Å². The molecule has 1 N–H and O–H groups in total. The second-order valence-electron chi connectivity index (χ2n) is 3.80. The number of likely N-dealkylation sites (tertiary alicyclic amines) is 1. The molecular formula is C11H15NO3. The Morgan fingerprint density at radius 1 is 1.67 bits per heavy atom. The molecule has 15 heavy (non-hydrogen) atoms. The van der Waals surface area contributed by atoms with Crippen LogP contribution in [0.3, 0.4) is 0 Å². The lowest BCUT2D eigenvalue weighted by molar-refractivity contribution is -0.149. The van der Waals surface area contributed by atoms with Gasteiger partial charge in [-0.1, -0.05) is 6.08 Å². The number of aliphatic carboxylic acids is 1. The summed E-state index contributed by atoms with van der Waals surface area (Å²) in [6.45, 7) is 6.98. The molecular weight excluding hydrogens is 194 g/mol. The van der Waals surface area contributed by atoms with Gasteiger partial charge in [0, 0.05) is 12.5 Å². The second kappa shape index (κ2) is 4.29. The molecule has 0 bridgehead atoms. The minimum absolute atomic E-state index is 0.0315. The highest BCUT2D eigenvalue weighted by atomic mass is 16.4. The summed E-state index contributed by atoms with van der Waals surface area (Å²) in [5.74, 6) is -1.17. The van der Waals surface area contributed by atoms with Crippen molar-refractivity contribution in [3.63, 3.8) is 0 Å². The Labute approximate surface area is 88.9 Å². The van der Waals surface area contributed by atoms with E-state index in [2.05, 4.69) is 6.58 Å². The first-order chi connectivity index (χ1) is 6.99. The molecule has 1 amide bonds. The topological polar surface area (TPSA) is 57.6 Å². The first-order valence-electron chi connectivity index (χ1n) is 4.82. The van der Waals surface area contributed by atoms with Crippen LogP contribution >= 0.6 is 0 Å². The zero-order chi connectivity index (χ0) is 11.6. The smallest absolute Gasteiger partial charge is 0.352 e. The van der Waals surface area contributed by atoms with Crippen LogP contribution in [-0.2, 0) is 9.59 Å². The van der Waals surface area contributed by atoms with Crippen molar-refractivity contribution in [3.8, 4) is 0 Å². The molecule has 0 aliphatic carbocycles. The largest absolute Gasteiger partial charge is 0.477 e. The molecule has 1 rings (SSSR count). The maximum Gasteiger partial charge on any atom is 0.352 e. The fourth-order valence-electron chi connectivity index (χ4n) is 1.73. The molecule has 0 aromatic heterocycles. The van der Waals surface area contributed by atoms with Crippen LogP contribution in [0.25, 0.3) is 0 Å². The Hall–Kier alpha value is -1.58. The lowest BCUT2D eigenvalue weighted by atomic mass is 9.96. The molecule has 1 heterocycles. The van der Waals surface area contributed by atoms with Gasteiger partial charge in [0.15, 0.2) is 0 Å². The predicted octanol–water partition coefficient (Wildman–Crippen LogP) is 1.54. The second-order valence-corrected chi connectivity index (χ2v) is 3.80. The van der Waals surface area contributed by atoms with Crippen LogP contribution in [-0.4, -0.2) is 27.9 Å². The summed E-state index contributed by atoms with van der Waals surface area (Å²) >= 11 is 0. The van der Waals surface area contributed by atoms with Gasteiger partial charge in [0.25, 0.3) is 0 Å². The van der Waals surface area contributed by atoms with Crippen molar-refractivity contribution in [2.75, 3.05) is 0 Å². The van der Waals surface area contributed by atoms with E-state index >= 15 is 0 Å². The molecule has 0 aromatic carbocycles. The molecule has 0 unspecified atom stereocenters. The average Bonchev–Trinajstić information content (AvgIpc) is 2.12. The number of nitrogens with zero attached hydrogens (tertiary/aromatic N) is 1. The molecule has 1 saturated heterocycles. The van der Waals surface area contributed by atoms with E-state index in [9.17, 15) is 9.59 Å². The van der Waals surface area contributed by atoms with Crippen LogP contribution in [0.15, 0.2) is 23.9 Å². The summed E-state index contributed by atoms with van der Waals surface area (Å²) < 4.78 is 0. The fraction of sp³-hybridized carbons (Fsp3) is 0.455. The Kier molecular flexibility index (Phi) is 3.29. The molecule has 4 nitrogen and oxygen atoms in total. The molecule has 0 radical (unpaired) electrons. The minimum atomic E-state index is -1.04. The fourth-order valence-corrected chi connectivity index (χ4v) is 1.73. The zero-order valence-electron chi connectivity index (χ0n) is 8.99. The van der Waals surface area contributed by atoms with Gasteiger partial charge in [0.1, 0.15) is 5.70 Å². The van der Waals surface area contributed by atoms with E-state index < -0.39 is 5.97 Å². The van der Waals surface area contributed by atoms with Crippen LogP contribution in [0, 0.1) is 0 Å². The number of allylic oxidation sites excluding steroid dienone is 1. The molecule has 82 valence electrons. The summed E-state index contributed by atoms with van der Waals surface area (Å²) in [7, 11) is 0. The Morgan fingerprint density at radius 2 is 2.27 bits per heavy atom. The first-order valence-corrected chi connectivity index (χ1v) is 4.82. The van der Waals surface area contributed by atoms with E-state index in [0.717, 1.165) is 0 Å². The Balaban J connectivity index is 2.93. The molecule has 0 saturated carbocycles. The quantitative estimate of drug-likeness (QED) is 0.434. The molecule has 1 atom stereocenters. The van der Waals surface area contributed by atoms with Gasteiger partial charge in [-0.2, -0.15) is 0 Å². The van der Waals surface area contributed by atoms with Crippen molar-refractivity contribution >= 4 is 11.9 Å². The van der Waals surface area contributed by atoms with Crippen molar-refractivity contribution in [2.45, 2.75) is 32.7 Å². The molecule has 4 heteroatoms. The van der Waals surface area contributed by atoms with E-state index in [1.54, 1.807) is 19.9 Å². The number of rotatable bonds is 4. The van der Waals surface area contributed by atoms with Crippen LogP contribution in [0.1, 0.15) is 26.7 Å². The van der Waals surface area contributed by atoms with Gasteiger partial charge < -0.3 is 10.0 Å². The third-order valence-corrected chi connectivity index (χ3v) is 2.40. The number of hydrogen-bond donors (Lipinski definition) is 1. The van der Waals surface area contributed by atoms with Crippen molar-refractivity contribution in [1.82, 2.24) is 4.90 Å². The van der Waals surface area contributed by atoms with Gasteiger partial charge in [-0.15, -0.1) is 6.58 Å². The number of hydrogen-bond acceptors (Lipinski definition) is 2. The number of carboxylic acids is 1. The maximum absolute atomic E-state index is 11.4. The Morgan fingerprint density at radius 3 is 2.60 bits per heavy atom. The zero-order valence-corrected chi connectivity index (χ0v) is 8.99. The highest BCUT2D eigenvalue weighted by Gasteiger charge is 2.40. The standard InChI is InChI=1S/C11H15NO3/c1-4-5-8-6-9(13)12(8)10(7(2)3)11(14)15/h4,8H,1,5-6H2,2-3H3,(H,14,15)/t8-/m1/s1. The lowest BCUT2D eigenvalue weighted by Crippen LogP contribution is -2.53. The highest BCUT2D eigenvalue weighted by Crippen LogP contribution is 2.28. The van der Waals surface area contributed by atoms with E-state index in [1.807, 2.05) is 0 Å². The molecule has 1 aliphatic heterocycles. The van der Waals surface area contributed by atoms with Crippen LogP contribution in [0.4, 0.5) is 0 Å². The van der Waals surface area contributed by atoms with Crippen LogP contribution < -0.4 is 0 Å². The van der Waals surface area contributed by atoms with Gasteiger partial charge in [0.2, 0.25) is 5.91 Å². The van der Waals surface area contributed by atoms with Crippen molar-refractivity contribution in [1.29, 1.82) is 0 Å². The number of carboxylic acid groups (broad SMARTS) is 1. The summed E-state index contributed by atoms with van der Waals surface area (Å²) in [5, 5.41) is 9.01. The average molecular weight is 209 g/mol. The minimum Gasteiger partial charge on any atom is -0.477 e. The summed E-state index contributed by atoms with van der Waals surface area (Å²) in [6, 6.07) is -0.0315. The van der Waals surface area contributed by atoms with E-state index in [1.165, 1.54) is 4.90 Å². The Bertz CT molecular complexity index is 338. The van der Waals surface area contributed by atoms with Gasteiger partial charge in [-0.3, -0.25) is 4.79 Å². The maximum atomic E-state index is 11.4. The summed E-state index contributed by atoms with van der Waals surface area (Å²) in [4.78, 5) is 23.7. The first kappa shape index (κ1) is 11.5. The third kappa shape index (κ3) is 2.09. The SMILES string of the molecule is C=CC[C@@H]1CC(=O)N1C(C(=O)O)=C(C)C. The molecule has 1 fully saturated rings. The van der Waals surface area contributed by atoms with Crippen LogP contribution in [0.5, 0.6) is 0 Å². The van der Waals surface area contributed by atoms with Crippen LogP contribution in [0.2, 0.25) is 0 Å². The number of carbonyl (C=O) groups excluding carboxylic acids is 1. The van der Waals surface area contributed by atoms with Gasteiger partial charge in [0.05, 0.1) is 0 Å². The van der Waals surface area contributed by atoms with Gasteiger partial charge >= 0.3 is 5.97 Å². The van der Waals surface area contributed by atoms with Crippen molar-refractivity contribution in [3.05, 3.63) is 23.9 Å². The molecule has 1 aliphatic rings. The summed E-state index contributed by atoms with van der Waals surface area (Å²) in [5.41, 5.74) is 0.753. The lowest BCUT2D eigenvalue weighted by Gasteiger charge is -2.40. The monoisotopic (exact) mass is 209 g/mol. The third-order valence-electron chi connectivity index (χ3n) is 2.40. The number of amides is 1. The molecule has 0 aromatic rings. The normalized spacial score (nSPS) is 19.5. The predicted molar refractivity (Wildman–Crippen MR) is 56.1 cm³/mol. The van der Waals surface area contributed by atoms with Gasteiger partial charge in [-0.25, -0.2) is 4.79 Å². The molecule has 0 spiro atoms. The van der Waals surface area contributed by atoms with Crippen molar-refractivity contribution in [2.24, 2.45) is 0 Å². The summed E-state index contributed by atoms with van der Waals surface area (Å²) in [6.07, 6.45) is 2.75. The highest BCUT2D eigenvalue weighted by molar-refractivity contribution is 5.96. The van der Waals surface area contributed by atoms with E-state index in [4.69, 9.17) is 5.11 Å².